The van der Waals surface area contributed by atoms with Gasteiger partial charge in [-0.3, -0.25) is 15.4 Å². The van der Waals surface area contributed by atoms with Gasteiger partial charge in [-0.1, -0.05) is 32.9 Å². The lowest BCUT2D eigenvalue weighted by atomic mass is 9.93. The number of aryl methyl sites for hydroxylation is 4. The molecule has 0 saturated heterocycles. The molecule has 0 saturated carbocycles. The minimum Gasteiger partial charge on any atom is -0.324 e. The molecular formula is C25H30ClN5S2. The molecule has 0 aliphatic carbocycles. The van der Waals surface area contributed by atoms with Crippen LogP contribution < -0.4 is 4.80 Å². The van der Waals surface area contributed by atoms with Crippen LogP contribution in [0.15, 0.2) is 41.5 Å². The van der Waals surface area contributed by atoms with Crippen LogP contribution in [0.3, 0.4) is 0 Å². The van der Waals surface area contributed by atoms with E-state index in [0.29, 0.717) is 4.80 Å². The molecule has 1 N–H and O–H groups in total. The van der Waals surface area contributed by atoms with E-state index in [-0.39, 0.29) is 17.8 Å². The van der Waals surface area contributed by atoms with Gasteiger partial charge in [-0.25, -0.2) is 4.98 Å². The van der Waals surface area contributed by atoms with Gasteiger partial charge in [0.2, 0.25) is 0 Å². The maximum atomic E-state index is 7.94. The number of nitrogens with one attached hydrogen (secondary N) is 1. The van der Waals surface area contributed by atoms with E-state index in [9.17, 15) is 0 Å². The zero-order chi connectivity index (χ0) is 22.9. The Kier molecular flexibility index (Phi) is 7.88. The summed E-state index contributed by atoms with van der Waals surface area (Å²) >= 11 is 3.14. The maximum Gasteiger partial charge on any atom is 0.181 e. The van der Waals surface area contributed by atoms with Gasteiger partial charge in [0.15, 0.2) is 4.80 Å². The molecule has 0 atom stereocenters. The largest absolute Gasteiger partial charge is 0.324 e. The predicted molar refractivity (Wildman–Crippen MR) is 140 cm³/mol. The molecule has 5 nitrogen and oxygen atoms in total. The maximum absolute atomic E-state index is 7.94. The van der Waals surface area contributed by atoms with E-state index in [4.69, 9.17) is 10.4 Å². The summed E-state index contributed by atoms with van der Waals surface area (Å²) in [6, 6.07) is 4.59. The number of thiazole rings is 2. The molecule has 1 aromatic carbocycles. The molecule has 4 rings (SSSR count). The summed E-state index contributed by atoms with van der Waals surface area (Å²) < 4.78 is 2.00. The van der Waals surface area contributed by atoms with Gasteiger partial charge in [0.05, 0.1) is 16.9 Å². The number of hydrogen-bond acceptors (Lipinski definition) is 6. The van der Waals surface area contributed by atoms with Crippen molar-refractivity contribution in [2.75, 3.05) is 0 Å². The minimum absolute atomic E-state index is 0. The molecule has 0 fully saturated rings. The van der Waals surface area contributed by atoms with E-state index in [1.165, 1.54) is 33.6 Å². The highest BCUT2D eigenvalue weighted by Crippen LogP contribution is 2.26. The van der Waals surface area contributed by atoms with Crippen LogP contribution in [-0.4, -0.2) is 19.5 Å². The molecule has 0 spiro atoms. The van der Waals surface area contributed by atoms with Crippen LogP contribution >= 0.6 is 35.1 Å². The van der Waals surface area contributed by atoms with Gasteiger partial charge in [-0.2, -0.15) is 0 Å². The van der Waals surface area contributed by atoms with Crippen molar-refractivity contribution in [2.45, 2.75) is 59.4 Å². The fraction of sp³-hybridized carbons (Fsp3) is 0.360. The quantitative estimate of drug-likeness (QED) is 0.348. The van der Waals surface area contributed by atoms with Gasteiger partial charge in [-0.15, -0.1) is 35.1 Å². The first-order valence-corrected chi connectivity index (χ1v) is 12.5. The number of halogens is 1. The Labute approximate surface area is 209 Å². The van der Waals surface area contributed by atoms with Crippen LogP contribution in [0.5, 0.6) is 0 Å². The molecule has 0 aliphatic rings. The van der Waals surface area contributed by atoms with Crippen LogP contribution in [0, 0.1) is 19.3 Å². The van der Waals surface area contributed by atoms with E-state index in [1.807, 2.05) is 28.5 Å². The van der Waals surface area contributed by atoms with Crippen molar-refractivity contribution < 1.29 is 0 Å². The molecule has 174 valence electrons. The molecule has 3 heterocycles. The molecule has 3 aromatic heterocycles. The highest BCUT2D eigenvalue weighted by atomic mass is 35.5. The lowest BCUT2D eigenvalue weighted by Crippen LogP contribution is -2.14. The summed E-state index contributed by atoms with van der Waals surface area (Å²) in [7, 11) is 0. The number of benzene rings is 1. The van der Waals surface area contributed by atoms with Crippen molar-refractivity contribution in [3.8, 4) is 11.4 Å². The number of aromatic nitrogens is 4. The standard InChI is InChI=1S/C25H29N5S2.ClH/c1-16-11-19(17(2)10-18(16)6-7-30-8-9-31-24(30)26)12-23-29-21(15-32-23)20-13-28-22(14-27-20)25(3,4)5;/h8-11,13-15,26H,6-7,12H2,1-5H3;1H. The molecule has 0 amide bonds. The average Bonchev–Trinajstić information content (AvgIpc) is 3.38. The summed E-state index contributed by atoms with van der Waals surface area (Å²) in [5, 5.41) is 13.1. The Morgan fingerprint density at radius 1 is 0.970 bits per heavy atom. The Hall–Kier alpha value is -2.35. The first-order valence-electron chi connectivity index (χ1n) is 10.8. The first-order chi connectivity index (χ1) is 15.2. The smallest absolute Gasteiger partial charge is 0.181 e. The van der Waals surface area contributed by atoms with Crippen molar-refractivity contribution in [3.05, 3.63) is 79.2 Å². The predicted octanol–water partition coefficient (Wildman–Crippen LogP) is 6.11. The molecule has 0 bridgehead atoms. The monoisotopic (exact) mass is 499 g/mol. The van der Waals surface area contributed by atoms with Crippen LogP contribution in [-0.2, 0) is 24.8 Å². The normalized spacial score (nSPS) is 11.4. The fourth-order valence-electron chi connectivity index (χ4n) is 3.64. The zero-order valence-corrected chi connectivity index (χ0v) is 22.1. The third kappa shape index (κ3) is 5.96. The van der Waals surface area contributed by atoms with E-state index in [2.05, 4.69) is 62.1 Å². The molecular weight excluding hydrogens is 470 g/mol. The lowest BCUT2D eigenvalue weighted by molar-refractivity contribution is 0.565. The van der Waals surface area contributed by atoms with Crippen LogP contribution in [0.25, 0.3) is 11.4 Å². The molecule has 0 aliphatic heterocycles. The van der Waals surface area contributed by atoms with E-state index < -0.39 is 0 Å². The van der Waals surface area contributed by atoms with Crippen LogP contribution in [0.1, 0.15) is 53.7 Å². The number of nitrogens with zero attached hydrogens (tertiary/aromatic N) is 4. The number of hydrogen-bond donors (Lipinski definition) is 1. The third-order valence-electron chi connectivity index (χ3n) is 5.67. The second-order valence-corrected chi connectivity index (χ2v) is 11.0. The van der Waals surface area contributed by atoms with Gasteiger partial charge in [0.1, 0.15) is 11.4 Å². The molecule has 0 radical (unpaired) electrons. The third-order valence-corrected chi connectivity index (χ3v) is 7.24. The first kappa shape index (κ1) is 25.3. The second-order valence-electron chi connectivity index (χ2n) is 9.20. The summed E-state index contributed by atoms with van der Waals surface area (Å²) in [4.78, 5) is 14.6. The highest BCUT2D eigenvalue weighted by Gasteiger charge is 2.16. The Balaban J connectivity index is 0.00000306. The second kappa shape index (κ2) is 10.3. The van der Waals surface area contributed by atoms with Gasteiger partial charge >= 0.3 is 0 Å². The van der Waals surface area contributed by atoms with Gasteiger partial charge in [-0.05, 0) is 42.5 Å². The van der Waals surface area contributed by atoms with Crippen molar-refractivity contribution in [1.29, 1.82) is 5.41 Å². The van der Waals surface area contributed by atoms with Gasteiger partial charge in [0, 0.05) is 41.5 Å². The molecule has 0 unspecified atom stereocenters. The summed E-state index contributed by atoms with van der Waals surface area (Å²) in [6.45, 7) is 11.6. The van der Waals surface area contributed by atoms with Crippen molar-refractivity contribution in [1.82, 2.24) is 19.5 Å². The highest BCUT2D eigenvalue weighted by molar-refractivity contribution is 7.10. The Morgan fingerprint density at radius 3 is 2.33 bits per heavy atom. The average molecular weight is 500 g/mol. The molecule has 8 heteroatoms. The SMILES string of the molecule is Cc1cc(Cc2nc(-c3cnc(C(C)(C)C)cn3)cs2)c(C)cc1CCn1ccsc1=N.Cl. The topological polar surface area (TPSA) is 67.5 Å². The molecule has 4 aromatic rings. The van der Waals surface area contributed by atoms with E-state index in [1.54, 1.807) is 11.3 Å². The summed E-state index contributed by atoms with van der Waals surface area (Å²) in [6.07, 6.45) is 7.44. The van der Waals surface area contributed by atoms with Gasteiger partial charge in [0.25, 0.3) is 0 Å². The number of rotatable bonds is 6. The minimum atomic E-state index is -0.00773. The Morgan fingerprint density at radius 2 is 1.70 bits per heavy atom. The van der Waals surface area contributed by atoms with Crippen molar-refractivity contribution in [2.24, 2.45) is 0 Å². The van der Waals surface area contributed by atoms with Crippen molar-refractivity contribution in [3.63, 3.8) is 0 Å². The van der Waals surface area contributed by atoms with E-state index in [0.717, 1.165) is 41.5 Å². The zero-order valence-electron chi connectivity index (χ0n) is 19.7. The van der Waals surface area contributed by atoms with Crippen LogP contribution in [0.2, 0.25) is 0 Å². The fourth-order valence-corrected chi connectivity index (χ4v) is 5.07. The van der Waals surface area contributed by atoms with E-state index >= 15 is 0 Å². The van der Waals surface area contributed by atoms with Crippen molar-refractivity contribution >= 4 is 35.1 Å². The summed E-state index contributed by atoms with van der Waals surface area (Å²) in [5.41, 5.74) is 7.94. The lowest BCUT2D eigenvalue weighted by Gasteiger charge is -2.16. The van der Waals surface area contributed by atoms with Gasteiger partial charge < -0.3 is 4.57 Å². The Bertz CT molecular complexity index is 1280. The molecule has 33 heavy (non-hydrogen) atoms. The van der Waals surface area contributed by atoms with Crippen LogP contribution in [0.4, 0.5) is 0 Å². The summed E-state index contributed by atoms with van der Waals surface area (Å²) in [5.74, 6) is 0.